The van der Waals surface area contributed by atoms with Gasteiger partial charge in [0.05, 0.1) is 20.3 Å². The molecule has 2 aromatic carbocycles. The van der Waals surface area contributed by atoms with Crippen molar-refractivity contribution in [3.63, 3.8) is 0 Å². The number of carbonyl (C=O) groups is 1. The largest absolute Gasteiger partial charge is 0.316 e. The zero-order valence-electron chi connectivity index (χ0n) is 12.7. The number of benzene rings is 2. The summed E-state index contributed by atoms with van der Waals surface area (Å²) < 4.78 is 0. The van der Waals surface area contributed by atoms with E-state index in [1.807, 2.05) is 0 Å². The summed E-state index contributed by atoms with van der Waals surface area (Å²) in [5.74, 6) is -0.944. The minimum absolute atomic E-state index is 0.136. The van der Waals surface area contributed by atoms with Crippen molar-refractivity contribution in [1.82, 2.24) is 0 Å². The van der Waals surface area contributed by atoms with Crippen molar-refractivity contribution in [2.24, 2.45) is 0 Å². The third kappa shape index (κ3) is 3.55. The maximum Gasteiger partial charge on any atom is 0.292 e. The molecule has 2 rings (SSSR count). The molecule has 0 aromatic heterocycles. The predicted octanol–water partition coefficient (Wildman–Crippen LogP) is 2.97. The molecule has 0 bridgehead atoms. The number of anilines is 1. The van der Waals surface area contributed by atoms with Crippen LogP contribution < -0.4 is 5.32 Å². The number of hydrogen-bond donors (Lipinski definition) is 1. The lowest BCUT2D eigenvalue weighted by Gasteiger charge is -2.07. The van der Waals surface area contributed by atoms with E-state index in [0.717, 1.165) is 18.2 Å². The highest BCUT2D eigenvalue weighted by atomic mass is 16.6. The molecule has 2 aromatic rings. The molecule has 0 radical (unpaired) electrons. The SMILES string of the molecule is Cc1c([N+](=O)[O-])cc(C(=O)Nc2ccccc2[N+](=O)[O-])cc1[N+](=O)[O-]. The molecule has 1 amide bonds. The molecule has 0 aliphatic carbocycles. The number of carbonyl (C=O) groups excluding carboxylic acids is 1. The summed E-state index contributed by atoms with van der Waals surface area (Å²) in [4.78, 5) is 42.9. The van der Waals surface area contributed by atoms with Crippen LogP contribution in [0, 0.1) is 37.3 Å². The molecule has 11 heteroatoms. The molecule has 128 valence electrons. The maximum atomic E-state index is 12.3. The predicted molar refractivity (Wildman–Crippen MR) is 85.5 cm³/mol. The number of nitro groups is 3. The Kier molecular flexibility index (Phi) is 4.68. The molecule has 0 aliphatic rings. The van der Waals surface area contributed by atoms with Crippen molar-refractivity contribution in [2.45, 2.75) is 6.92 Å². The minimum Gasteiger partial charge on any atom is -0.316 e. The Morgan fingerprint density at radius 2 is 1.36 bits per heavy atom. The lowest BCUT2D eigenvalue weighted by molar-refractivity contribution is -0.395. The molecule has 0 saturated carbocycles. The Labute approximate surface area is 139 Å². The van der Waals surface area contributed by atoms with E-state index in [1.54, 1.807) is 0 Å². The topological polar surface area (TPSA) is 159 Å². The molecule has 0 spiro atoms. The molecule has 11 nitrogen and oxygen atoms in total. The molecular formula is C14H10N4O7. The molecule has 0 saturated heterocycles. The number of nitro benzene ring substituents is 3. The number of para-hydroxylation sites is 2. The summed E-state index contributed by atoms with van der Waals surface area (Å²) in [6.07, 6.45) is 0. The van der Waals surface area contributed by atoms with E-state index in [9.17, 15) is 35.1 Å². The van der Waals surface area contributed by atoms with Crippen molar-refractivity contribution >= 4 is 28.7 Å². The lowest BCUT2D eigenvalue weighted by Crippen LogP contribution is -2.14. The van der Waals surface area contributed by atoms with Crippen molar-refractivity contribution in [3.8, 4) is 0 Å². The summed E-state index contributed by atoms with van der Waals surface area (Å²) in [5, 5.41) is 35.3. The summed E-state index contributed by atoms with van der Waals surface area (Å²) in [5.41, 5.74) is -2.27. The number of hydrogen-bond acceptors (Lipinski definition) is 7. The number of nitrogens with zero attached hydrogens (tertiary/aromatic N) is 3. The first-order chi connectivity index (χ1) is 11.7. The first-order valence-electron chi connectivity index (χ1n) is 6.70. The van der Waals surface area contributed by atoms with E-state index in [1.165, 1.54) is 25.1 Å². The van der Waals surface area contributed by atoms with Gasteiger partial charge in [-0.15, -0.1) is 0 Å². The standard InChI is InChI=1S/C14H10N4O7/c1-8-12(17(22)23)6-9(7-13(8)18(24)25)14(19)15-10-4-2-3-5-11(10)16(20)21/h2-7H,1H3,(H,15,19). The van der Waals surface area contributed by atoms with Crippen LogP contribution in [0.15, 0.2) is 36.4 Å². The molecule has 0 atom stereocenters. The van der Waals surface area contributed by atoms with Gasteiger partial charge in [-0.2, -0.15) is 0 Å². The van der Waals surface area contributed by atoms with Crippen LogP contribution in [-0.2, 0) is 0 Å². The Bertz CT molecular complexity index is 875. The quantitative estimate of drug-likeness (QED) is 0.643. The number of nitrogens with one attached hydrogen (secondary N) is 1. The number of amides is 1. The van der Waals surface area contributed by atoms with Crippen LogP contribution in [0.25, 0.3) is 0 Å². The van der Waals surface area contributed by atoms with Crippen LogP contribution in [0.5, 0.6) is 0 Å². The van der Waals surface area contributed by atoms with Gasteiger partial charge in [0.15, 0.2) is 0 Å². The van der Waals surface area contributed by atoms with Crippen molar-refractivity contribution in [3.05, 3.63) is 77.9 Å². The fourth-order valence-electron chi connectivity index (χ4n) is 2.13. The Balaban J connectivity index is 2.48. The zero-order valence-corrected chi connectivity index (χ0v) is 12.7. The van der Waals surface area contributed by atoms with Crippen molar-refractivity contribution < 1.29 is 19.6 Å². The molecular weight excluding hydrogens is 336 g/mol. The van der Waals surface area contributed by atoms with Gasteiger partial charge in [-0.05, 0) is 13.0 Å². The van der Waals surface area contributed by atoms with Gasteiger partial charge >= 0.3 is 0 Å². The van der Waals surface area contributed by atoms with Crippen LogP contribution >= 0.6 is 0 Å². The van der Waals surface area contributed by atoms with E-state index < -0.39 is 32.1 Å². The van der Waals surface area contributed by atoms with Gasteiger partial charge in [-0.3, -0.25) is 35.1 Å². The van der Waals surface area contributed by atoms with Gasteiger partial charge in [0.1, 0.15) is 11.3 Å². The molecule has 0 fully saturated rings. The van der Waals surface area contributed by atoms with Crippen LogP contribution in [0.2, 0.25) is 0 Å². The lowest BCUT2D eigenvalue weighted by atomic mass is 10.1. The molecule has 25 heavy (non-hydrogen) atoms. The summed E-state index contributed by atoms with van der Waals surface area (Å²) in [6.45, 7) is 1.19. The first kappa shape index (κ1) is 17.5. The average Bonchev–Trinajstić information content (AvgIpc) is 2.54. The molecule has 1 N–H and O–H groups in total. The third-order valence-electron chi connectivity index (χ3n) is 3.36. The second-order valence-electron chi connectivity index (χ2n) is 4.88. The highest BCUT2D eigenvalue weighted by molar-refractivity contribution is 6.06. The van der Waals surface area contributed by atoms with Crippen molar-refractivity contribution in [2.75, 3.05) is 5.32 Å². The Hall–Kier alpha value is -3.89. The average molecular weight is 346 g/mol. The highest BCUT2D eigenvalue weighted by Crippen LogP contribution is 2.30. The number of rotatable bonds is 5. The molecule has 0 heterocycles. The van der Waals surface area contributed by atoms with Gasteiger partial charge in [0.25, 0.3) is 23.0 Å². The third-order valence-corrected chi connectivity index (χ3v) is 3.36. The fraction of sp³-hybridized carbons (Fsp3) is 0.0714. The highest BCUT2D eigenvalue weighted by Gasteiger charge is 2.26. The van der Waals surface area contributed by atoms with E-state index in [-0.39, 0.29) is 22.5 Å². The van der Waals surface area contributed by atoms with Gasteiger partial charge in [-0.1, -0.05) is 12.1 Å². The molecule has 0 aliphatic heterocycles. The van der Waals surface area contributed by atoms with E-state index in [2.05, 4.69) is 5.32 Å². The van der Waals surface area contributed by atoms with Gasteiger partial charge < -0.3 is 5.32 Å². The van der Waals surface area contributed by atoms with Crippen molar-refractivity contribution in [1.29, 1.82) is 0 Å². The van der Waals surface area contributed by atoms with E-state index in [4.69, 9.17) is 0 Å². The zero-order chi connectivity index (χ0) is 18.7. The summed E-state index contributed by atoms with van der Waals surface area (Å²) in [6, 6.07) is 7.04. The Morgan fingerprint density at radius 1 is 0.880 bits per heavy atom. The minimum atomic E-state index is -0.944. The van der Waals surface area contributed by atoms with Gasteiger partial charge in [0, 0.05) is 18.2 Å². The van der Waals surface area contributed by atoms with Crippen LogP contribution in [0.3, 0.4) is 0 Å². The summed E-state index contributed by atoms with van der Waals surface area (Å²) >= 11 is 0. The molecule has 0 unspecified atom stereocenters. The monoisotopic (exact) mass is 346 g/mol. The second-order valence-corrected chi connectivity index (χ2v) is 4.88. The van der Waals surface area contributed by atoms with Crippen LogP contribution in [0.1, 0.15) is 15.9 Å². The fourth-order valence-corrected chi connectivity index (χ4v) is 2.13. The van der Waals surface area contributed by atoms with E-state index >= 15 is 0 Å². The second kappa shape index (κ2) is 6.70. The van der Waals surface area contributed by atoms with Gasteiger partial charge in [0.2, 0.25) is 0 Å². The van der Waals surface area contributed by atoms with Crippen LogP contribution in [0.4, 0.5) is 22.7 Å². The smallest absolute Gasteiger partial charge is 0.292 e. The Morgan fingerprint density at radius 3 is 1.84 bits per heavy atom. The normalized spacial score (nSPS) is 10.1. The van der Waals surface area contributed by atoms with E-state index in [0.29, 0.717) is 0 Å². The maximum absolute atomic E-state index is 12.3. The van der Waals surface area contributed by atoms with Crippen LogP contribution in [-0.4, -0.2) is 20.7 Å². The first-order valence-corrected chi connectivity index (χ1v) is 6.70. The van der Waals surface area contributed by atoms with Gasteiger partial charge in [-0.25, -0.2) is 0 Å². The summed E-state index contributed by atoms with van der Waals surface area (Å²) in [7, 11) is 0.